The van der Waals surface area contributed by atoms with Crippen molar-refractivity contribution in [2.75, 3.05) is 0 Å². The molecule has 0 radical (unpaired) electrons. The summed E-state index contributed by atoms with van der Waals surface area (Å²) in [5, 5.41) is 9.42. The maximum absolute atomic E-state index is 11.6. The van der Waals surface area contributed by atoms with Crippen LogP contribution >= 0.6 is 0 Å². The van der Waals surface area contributed by atoms with E-state index in [9.17, 15) is 13.5 Å². The SMILES string of the molecule is O=S(=O)(NC1CCCCC1O)C1CC1. The van der Waals surface area contributed by atoms with Gasteiger partial charge in [0.05, 0.1) is 11.4 Å². The van der Waals surface area contributed by atoms with Crippen molar-refractivity contribution >= 4 is 10.0 Å². The molecule has 2 aliphatic carbocycles. The normalized spacial score (nSPS) is 34.4. The van der Waals surface area contributed by atoms with Crippen LogP contribution in [0.5, 0.6) is 0 Å². The summed E-state index contributed by atoms with van der Waals surface area (Å²) in [6, 6.07) is -0.241. The van der Waals surface area contributed by atoms with Gasteiger partial charge in [-0.25, -0.2) is 13.1 Å². The minimum Gasteiger partial charge on any atom is -0.391 e. The highest BCUT2D eigenvalue weighted by Crippen LogP contribution is 2.29. The fourth-order valence-corrected chi connectivity index (χ4v) is 3.58. The van der Waals surface area contributed by atoms with E-state index in [1.165, 1.54) is 0 Å². The molecule has 2 aliphatic rings. The number of sulfonamides is 1. The van der Waals surface area contributed by atoms with Gasteiger partial charge < -0.3 is 5.11 Å². The highest BCUT2D eigenvalue weighted by atomic mass is 32.2. The molecule has 82 valence electrons. The lowest BCUT2D eigenvalue weighted by molar-refractivity contribution is 0.101. The second-order valence-electron chi connectivity index (χ2n) is 4.32. The monoisotopic (exact) mass is 219 g/mol. The summed E-state index contributed by atoms with van der Waals surface area (Å²) in [6.07, 6.45) is 4.57. The molecule has 2 N–H and O–H groups in total. The fourth-order valence-electron chi connectivity index (χ4n) is 1.93. The van der Waals surface area contributed by atoms with E-state index in [4.69, 9.17) is 0 Å². The number of nitrogens with one attached hydrogen (secondary N) is 1. The number of hydrogen-bond donors (Lipinski definition) is 2. The van der Waals surface area contributed by atoms with Crippen LogP contribution in [-0.2, 0) is 10.0 Å². The maximum Gasteiger partial charge on any atom is 0.214 e. The maximum atomic E-state index is 11.6. The van der Waals surface area contributed by atoms with Crippen molar-refractivity contribution in [2.45, 2.75) is 55.9 Å². The van der Waals surface area contributed by atoms with Crippen molar-refractivity contribution in [3.8, 4) is 0 Å². The Hall–Kier alpha value is -0.130. The first-order valence-corrected chi connectivity index (χ1v) is 6.83. The molecule has 2 saturated carbocycles. The summed E-state index contributed by atoms with van der Waals surface area (Å²) in [5.74, 6) is 0. The molecular weight excluding hydrogens is 202 g/mol. The van der Waals surface area contributed by atoms with Gasteiger partial charge in [-0.1, -0.05) is 12.8 Å². The average Bonchev–Trinajstić information content (AvgIpc) is 2.91. The summed E-state index contributed by atoms with van der Waals surface area (Å²) in [7, 11) is -3.13. The van der Waals surface area contributed by atoms with Gasteiger partial charge >= 0.3 is 0 Å². The van der Waals surface area contributed by atoms with Crippen LogP contribution in [0.25, 0.3) is 0 Å². The predicted octanol–water partition coefficient (Wildman–Crippen LogP) is 0.372. The van der Waals surface area contributed by atoms with Gasteiger partial charge in [-0.15, -0.1) is 0 Å². The van der Waals surface area contributed by atoms with Crippen LogP contribution in [0, 0.1) is 0 Å². The first-order valence-electron chi connectivity index (χ1n) is 5.29. The summed E-state index contributed by atoms with van der Waals surface area (Å²) in [6.45, 7) is 0. The Morgan fingerprint density at radius 3 is 2.29 bits per heavy atom. The average molecular weight is 219 g/mol. The fraction of sp³-hybridized carbons (Fsp3) is 1.00. The lowest BCUT2D eigenvalue weighted by Gasteiger charge is -2.28. The largest absolute Gasteiger partial charge is 0.391 e. The number of aliphatic hydroxyl groups is 1. The second-order valence-corrected chi connectivity index (χ2v) is 6.31. The third-order valence-corrected chi connectivity index (χ3v) is 4.99. The van der Waals surface area contributed by atoms with Crippen molar-refractivity contribution in [1.82, 2.24) is 4.72 Å². The van der Waals surface area contributed by atoms with Crippen molar-refractivity contribution in [1.29, 1.82) is 0 Å². The van der Waals surface area contributed by atoms with Gasteiger partial charge in [0.1, 0.15) is 0 Å². The van der Waals surface area contributed by atoms with Crippen LogP contribution in [0.3, 0.4) is 0 Å². The van der Waals surface area contributed by atoms with E-state index in [-0.39, 0.29) is 11.3 Å². The molecule has 0 saturated heterocycles. The third-order valence-electron chi connectivity index (χ3n) is 3.01. The summed E-state index contributed by atoms with van der Waals surface area (Å²) in [5.41, 5.74) is 0. The molecule has 2 rings (SSSR count). The zero-order chi connectivity index (χ0) is 10.2. The highest BCUT2D eigenvalue weighted by molar-refractivity contribution is 7.90. The van der Waals surface area contributed by atoms with Gasteiger partial charge in [0.2, 0.25) is 10.0 Å². The van der Waals surface area contributed by atoms with Crippen molar-refractivity contribution < 1.29 is 13.5 Å². The van der Waals surface area contributed by atoms with Crippen molar-refractivity contribution in [3.05, 3.63) is 0 Å². The van der Waals surface area contributed by atoms with Crippen LogP contribution in [-0.4, -0.2) is 30.9 Å². The van der Waals surface area contributed by atoms with Gasteiger partial charge in [-0.2, -0.15) is 0 Å². The summed E-state index contributed by atoms with van der Waals surface area (Å²) in [4.78, 5) is 0. The van der Waals surface area contributed by atoms with E-state index in [0.29, 0.717) is 0 Å². The quantitative estimate of drug-likeness (QED) is 0.721. The molecule has 2 atom stereocenters. The predicted molar refractivity (Wildman–Crippen MR) is 53.3 cm³/mol. The van der Waals surface area contributed by atoms with Gasteiger partial charge in [0, 0.05) is 6.04 Å². The highest BCUT2D eigenvalue weighted by Gasteiger charge is 2.38. The number of rotatable bonds is 3. The molecule has 0 heterocycles. The van der Waals surface area contributed by atoms with Crippen LogP contribution in [0.2, 0.25) is 0 Å². The van der Waals surface area contributed by atoms with Crippen molar-refractivity contribution in [2.24, 2.45) is 0 Å². The molecule has 0 spiro atoms. The first-order chi connectivity index (χ1) is 6.59. The van der Waals surface area contributed by atoms with E-state index in [0.717, 1.165) is 38.5 Å². The molecule has 0 bridgehead atoms. The molecule has 0 aromatic heterocycles. The molecule has 2 fully saturated rings. The molecule has 0 aromatic rings. The van der Waals surface area contributed by atoms with E-state index in [1.807, 2.05) is 0 Å². The molecule has 0 amide bonds. The van der Waals surface area contributed by atoms with Gasteiger partial charge in [0.15, 0.2) is 0 Å². The molecule has 0 aromatic carbocycles. The van der Waals surface area contributed by atoms with Crippen LogP contribution in [0.4, 0.5) is 0 Å². The standard InChI is InChI=1S/C9H17NO3S/c11-9-4-2-1-3-8(9)10-14(12,13)7-5-6-7/h7-11H,1-6H2. The van der Waals surface area contributed by atoms with Gasteiger partial charge in [-0.05, 0) is 25.7 Å². The van der Waals surface area contributed by atoms with Gasteiger partial charge in [-0.3, -0.25) is 0 Å². The lowest BCUT2D eigenvalue weighted by atomic mass is 9.93. The Bertz CT molecular complexity index is 297. The smallest absolute Gasteiger partial charge is 0.214 e. The topological polar surface area (TPSA) is 66.4 Å². The van der Waals surface area contributed by atoms with Crippen molar-refractivity contribution in [3.63, 3.8) is 0 Å². The third kappa shape index (κ3) is 2.27. The zero-order valence-electron chi connectivity index (χ0n) is 8.15. The Kier molecular flexibility index (Phi) is 2.81. The summed E-state index contributed by atoms with van der Waals surface area (Å²) >= 11 is 0. The van der Waals surface area contributed by atoms with E-state index in [2.05, 4.69) is 4.72 Å². The van der Waals surface area contributed by atoms with Crippen LogP contribution in [0.1, 0.15) is 38.5 Å². The van der Waals surface area contributed by atoms with E-state index in [1.54, 1.807) is 0 Å². The summed E-state index contributed by atoms with van der Waals surface area (Å²) < 4.78 is 25.8. The molecule has 2 unspecified atom stereocenters. The lowest BCUT2D eigenvalue weighted by Crippen LogP contribution is -2.46. The zero-order valence-corrected chi connectivity index (χ0v) is 8.96. The minimum absolute atomic E-state index is 0.184. The second kappa shape index (κ2) is 3.79. The Labute approximate surface area is 84.8 Å². The molecule has 4 nitrogen and oxygen atoms in total. The molecule has 0 aliphatic heterocycles. The number of aliphatic hydroxyl groups excluding tert-OH is 1. The Morgan fingerprint density at radius 2 is 1.71 bits per heavy atom. The number of hydrogen-bond acceptors (Lipinski definition) is 3. The van der Waals surface area contributed by atoms with Crippen LogP contribution in [0.15, 0.2) is 0 Å². The minimum atomic E-state index is -3.13. The Balaban J connectivity index is 1.95. The molecular formula is C9H17NO3S. The van der Waals surface area contributed by atoms with Crippen LogP contribution < -0.4 is 4.72 Å². The first kappa shape index (κ1) is 10.4. The molecule has 5 heteroatoms. The van der Waals surface area contributed by atoms with E-state index >= 15 is 0 Å². The van der Waals surface area contributed by atoms with Gasteiger partial charge in [0.25, 0.3) is 0 Å². The van der Waals surface area contributed by atoms with E-state index < -0.39 is 16.1 Å². The Morgan fingerprint density at radius 1 is 1.07 bits per heavy atom. The molecule has 14 heavy (non-hydrogen) atoms.